The van der Waals surface area contributed by atoms with Crippen molar-refractivity contribution < 1.29 is 8.42 Å². The highest BCUT2D eigenvalue weighted by atomic mass is 32.2. The predicted molar refractivity (Wildman–Crippen MR) is 96.9 cm³/mol. The maximum absolute atomic E-state index is 12.2. The number of sulfone groups is 1. The van der Waals surface area contributed by atoms with Crippen molar-refractivity contribution >= 4 is 9.84 Å². The molecular weight excluding hydrogens is 322 g/mol. The summed E-state index contributed by atoms with van der Waals surface area (Å²) in [6, 6.07) is 6.42. The van der Waals surface area contributed by atoms with E-state index >= 15 is 0 Å². The molecule has 6 heteroatoms. The third-order valence-electron chi connectivity index (χ3n) is 5.11. The lowest BCUT2D eigenvalue weighted by Crippen LogP contribution is -2.59. The van der Waals surface area contributed by atoms with Gasteiger partial charge in [0.15, 0.2) is 9.84 Å². The van der Waals surface area contributed by atoms with Gasteiger partial charge in [-0.25, -0.2) is 8.42 Å². The minimum Gasteiger partial charge on any atom is -0.296 e. The zero-order valence-electron chi connectivity index (χ0n) is 15.0. The third-order valence-corrected chi connectivity index (χ3v) is 6.81. The van der Waals surface area contributed by atoms with Crippen LogP contribution < -0.4 is 0 Å². The Hall–Kier alpha value is -0.980. The lowest BCUT2D eigenvalue weighted by molar-refractivity contribution is 0.0391. The third kappa shape index (κ3) is 4.16. The van der Waals surface area contributed by atoms with Crippen LogP contribution in [-0.2, 0) is 16.3 Å². The van der Waals surface area contributed by atoms with Gasteiger partial charge in [0.25, 0.3) is 0 Å². The molecule has 1 aromatic rings. The number of aromatic nitrogens is 1. The van der Waals surface area contributed by atoms with Crippen LogP contribution in [0.25, 0.3) is 0 Å². The number of hydrogen-bond donors (Lipinski definition) is 0. The van der Waals surface area contributed by atoms with E-state index in [2.05, 4.69) is 34.7 Å². The molecule has 2 atom stereocenters. The molecule has 0 aromatic carbocycles. The fourth-order valence-corrected chi connectivity index (χ4v) is 6.11. The van der Waals surface area contributed by atoms with Crippen LogP contribution in [0.2, 0.25) is 0 Å². The fraction of sp³-hybridized carbons (Fsp3) is 0.722. The van der Waals surface area contributed by atoms with Gasteiger partial charge in [-0.05, 0) is 25.0 Å². The van der Waals surface area contributed by atoms with Gasteiger partial charge in [0.2, 0.25) is 0 Å². The van der Waals surface area contributed by atoms with Crippen molar-refractivity contribution in [2.75, 3.05) is 37.7 Å². The van der Waals surface area contributed by atoms with Crippen LogP contribution in [0.5, 0.6) is 0 Å². The molecule has 24 heavy (non-hydrogen) atoms. The van der Waals surface area contributed by atoms with E-state index < -0.39 is 9.84 Å². The number of fused-ring (bicyclic) bond motifs is 1. The van der Waals surface area contributed by atoms with Crippen LogP contribution in [0.1, 0.15) is 25.2 Å². The molecule has 0 aliphatic carbocycles. The van der Waals surface area contributed by atoms with Crippen LogP contribution in [-0.4, -0.2) is 73.0 Å². The zero-order chi connectivity index (χ0) is 17.3. The molecule has 0 saturated carbocycles. The lowest BCUT2D eigenvalue weighted by atomic mass is 10.0. The summed E-state index contributed by atoms with van der Waals surface area (Å²) in [7, 11) is -2.92. The van der Waals surface area contributed by atoms with Gasteiger partial charge in [-0.3, -0.25) is 14.8 Å². The summed E-state index contributed by atoms with van der Waals surface area (Å²) in [6.07, 6.45) is 0.884. The summed E-state index contributed by atoms with van der Waals surface area (Å²) >= 11 is 0. The van der Waals surface area contributed by atoms with Gasteiger partial charge in [-0.2, -0.15) is 0 Å². The maximum Gasteiger partial charge on any atom is 0.153 e. The monoisotopic (exact) mass is 351 g/mol. The summed E-state index contributed by atoms with van der Waals surface area (Å²) in [5, 5.41) is 0. The summed E-state index contributed by atoms with van der Waals surface area (Å²) in [5.41, 5.74) is 2.13. The van der Waals surface area contributed by atoms with E-state index in [0.717, 1.165) is 44.0 Å². The van der Waals surface area contributed by atoms with E-state index in [4.69, 9.17) is 0 Å². The second-order valence-electron chi connectivity index (χ2n) is 7.66. The highest BCUT2D eigenvalue weighted by molar-refractivity contribution is 7.91. The van der Waals surface area contributed by atoms with E-state index in [1.165, 1.54) is 0 Å². The van der Waals surface area contributed by atoms with Gasteiger partial charge >= 0.3 is 0 Å². The molecule has 3 rings (SSSR count). The topological polar surface area (TPSA) is 53.5 Å². The second-order valence-corrected chi connectivity index (χ2v) is 9.81. The Balaban J connectivity index is 1.69. The van der Waals surface area contributed by atoms with E-state index in [-0.39, 0.29) is 12.1 Å². The number of hydrogen-bond acceptors (Lipinski definition) is 5. The molecule has 134 valence electrons. The molecule has 0 spiro atoms. The van der Waals surface area contributed by atoms with Gasteiger partial charge in [-0.15, -0.1) is 0 Å². The van der Waals surface area contributed by atoms with Crippen molar-refractivity contribution in [2.24, 2.45) is 5.92 Å². The average molecular weight is 352 g/mol. The van der Waals surface area contributed by atoms with Crippen molar-refractivity contribution in [3.8, 4) is 0 Å². The predicted octanol–water partition coefficient (Wildman–Crippen LogP) is 1.37. The first kappa shape index (κ1) is 17.8. The molecule has 3 heterocycles. The van der Waals surface area contributed by atoms with Gasteiger partial charge in [0, 0.05) is 56.1 Å². The van der Waals surface area contributed by atoms with Gasteiger partial charge in [0.05, 0.1) is 11.5 Å². The van der Waals surface area contributed by atoms with E-state index in [9.17, 15) is 8.42 Å². The molecule has 2 fully saturated rings. The first-order chi connectivity index (χ1) is 11.3. The number of pyridine rings is 1. The minimum atomic E-state index is -2.92. The van der Waals surface area contributed by atoms with Crippen LogP contribution >= 0.6 is 0 Å². The van der Waals surface area contributed by atoms with Gasteiger partial charge in [0.1, 0.15) is 0 Å². The van der Waals surface area contributed by atoms with Crippen molar-refractivity contribution in [3.63, 3.8) is 0 Å². The number of piperazine rings is 1. The zero-order valence-corrected chi connectivity index (χ0v) is 15.8. The highest BCUT2D eigenvalue weighted by Crippen LogP contribution is 2.27. The first-order valence-electron chi connectivity index (χ1n) is 8.95. The van der Waals surface area contributed by atoms with Gasteiger partial charge < -0.3 is 0 Å². The largest absolute Gasteiger partial charge is 0.296 e. The van der Waals surface area contributed by atoms with Crippen LogP contribution in [0.4, 0.5) is 0 Å². The SMILES string of the molecule is Cc1cccc(CCN2CCN(CC(C)C)[C@@H]3CS(=O)(=O)C[C@@H]32)n1. The normalized spacial score (nSPS) is 27.5. The summed E-state index contributed by atoms with van der Waals surface area (Å²) < 4.78 is 24.5. The summed E-state index contributed by atoms with van der Waals surface area (Å²) in [6.45, 7) is 10.2. The van der Waals surface area contributed by atoms with Crippen molar-refractivity contribution in [2.45, 2.75) is 39.3 Å². The Morgan fingerprint density at radius 1 is 1.17 bits per heavy atom. The van der Waals surface area contributed by atoms with Crippen LogP contribution in [0.3, 0.4) is 0 Å². The Bertz CT molecular complexity index is 675. The standard InChI is InChI=1S/C18H29N3O2S/c1-14(2)11-21-10-9-20(17-12-24(22,23)13-18(17)21)8-7-16-6-4-5-15(3)19-16/h4-6,14,17-18H,7-13H2,1-3H3/t17-,18+/m0/s1. The summed E-state index contributed by atoms with van der Waals surface area (Å²) in [4.78, 5) is 9.36. The van der Waals surface area contributed by atoms with Crippen molar-refractivity contribution in [1.29, 1.82) is 0 Å². The Morgan fingerprint density at radius 3 is 2.50 bits per heavy atom. The highest BCUT2D eigenvalue weighted by Gasteiger charge is 2.46. The fourth-order valence-electron chi connectivity index (χ4n) is 4.07. The smallest absolute Gasteiger partial charge is 0.153 e. The van der Waals surface area contributed by atoms with Crippen LogP contribution in [0.15, 0.2) is 18.2 Å². The van der Waals surface area contributed by atoms with E-state index in [1.807, 2.05) is 19.1 Å². The first-order valence-corrected chi connectivity index (χ1v) is 10.8. The van der Waals surface area contributed by atoms with Gasteiger partial charge in [-0.1, -0.05) is 19.9 Å². The molecule has 0 amide bonds. The molecule has 0 radical (unpaired) electrons. The molecule has 0 unspecified atom stereocenters. The maximum atomic E-state index is 12.2. The molecule has 0 bridgehead atoms. The quantitative estimate of drug-likeness (QED) is 0.802. The number of rotatable bonds is 5. The second kappa shape index (κ2) is 7.10. The molecule has 2 aliphatic heterocycles. The molecule has 0 N–H and O–H groups in total. The Morgan fingerprint density at radius 2 is 1.83 bits per heavy atom. The minimum absolute atomic E-state index is 0.146. The Kier molecular flexibility index (Phi) is 5.27. The van der Waals surface area contributed by atoms with Crippen molar-refractivity contribution in [1.82, 2.24) is 14.8 Å². The van der Waals surface area contributed by atoms with E-state index in [1.54, 1.807) is 0 Å². The number of aryl methyl sites for hydroxylation is 1. The van der Waals surface area contributed by atoms with E-state index in [0.29, 0.717) is 17.4 Å². The molecule has 2 saturated heterocycles. The molecule has 2 aliphatic rings. The average Bonchev–Trinajstić information content (AvgIpc) is 2.82. The molecule has 1 aromatic heterocycles. The molecule has 5 nitrogen and oxygen atoms in total. The lowest BCUT2D eigenvalue weighted by Gasteiger charge is -2.44. The van der Waals surface area contributed by atoms with Crippen LogP contribution in [0, 0.1) is 12.8 Å². The number of nitrogens with zero attached hydrogens (tertiary/aromatic N) is 3. The summed E-state index contributed by atoms with van der Waals surface area (Å²) in [5.74, 6) is 1.20. The van der Waals surface area contributed by atoms with Crippen molar-refractivity contribution in [3.05, 3.63) is 29.6 Å². The Labute approximate surface area is 146 Å². The molecular formula is C18H29N3O2S.